The van der Waals surface area contributed by atoms with Gasteiger partial charge in [0.2, 0.25) is 5.91 Å². The zero-order valence-electron chi connectivity index (χ0n) is 13.3. The number of amides is 1. The van der Waals surface area contributed by atoms with E-state index < -0.39 is 6.04 Å². The summed E-state index contributed by atoms with van der Waals surface area (Å²) in [7, 11) is 0. The first-order valence-corrected chi connectivity index (χ1v) is 7.60. The van der Waals surface area contributed by atoms with Gasteiger partial charge in [0.15, 0.2) is 0 Å². The summed E-state index contributed by atoms with van der Waals surface area (Å²) in [6, 6.07) is 13.1. The molecule has 0 bridgehead atoms. The van der Waals surface area contributed by atoms with Crippen molar-refractivity contribution in [3.8, 4) is 5.75 Å². The average molecular weight is 316 g/mol. The highest BCUT2D eigenvalue weighted by Gasteiger charge is 2.14. The highest BCUT2D eigenvalue weighted by molar-refractivity contribution is 5.84. The predicted molar refractivity (Wildman–Crippen MR) is 88.9 cm³/mol. The van der Waals surface area contributed by atoms with Gasteiger partial charge >= 0.3 is 0 Å². The minimum atomic E-state index is -0.419. The maximum absolute atomic E-state index is 12.8. The fourth-order valence-corrected chi connectivity index (χ4v) is 2.11. The van der Waals surface area contributed by atoms with Crippen molar-refractivity contribution in [1.82, 2.24) is 5.32 Å². The van der Waals surface area contributed by atoms with E-state index in [1.54, 1.807) is 19.1 Å². The molecular formula is C18H21FN2O2. The van der Waals surface area contributed by atoms with E-state index in [9.17, 15) is 9.18 Å². The van der Waals surface area contributed by atoms with Gasteiger partial charge in [-0.3, -0.25) is 4.79 Å². The summed E-state index contributed by atoms with van der Waals surface area (Å²) in [5, 5.41) is 5.97. The number of benzene rings is 2. The first-order valence-electron chi connectivity index (χ1n) is 7.60. The van der Waals surface area contributed by atoms with E-state index in [0.717, 1.165) is 11.3 Å². The van der Waals surface area contributed by atoms with Crippen LogP contribution in [-0.4, -0.2) is 18.6 Å². The van der Waals surface area contributed by atoms with E-state index in [-0.39, 0.29) is 11.7 Å². The molecule has 1 unspecified atom stereocenters. The van der Waals surface area contributed by atoms with Gasteiger partial charge in [0.25, 0.3) is 0 Å². The SMILES string of the molecule is CCOc1ccccc1NC(C)C(=O)NCc1ccc(F)cc1. The molecular weight excluding hydrogens is 295 g/mol. The highest BCUT2D eigenvalue weighted by atomic mass is 19.1. The lowest BCUT2D eigenvalue weighted by Gasteiger charge is -2.17. The van der Waals surface area contributed by atoms with Gasteiger partial charge in [-0.25, -0.2) is 4.39 Å². The molecule has 0 aliphatic carbocycles. The van der Waals surface area contributed by atoms with Crippen LogP contribution in [0.25, 0.3) is 0 Å². The van der Waals surface area contributed by atoms with E-state index in [4.69, 9.17) is 4.74 Å². The van der Waals surface area contributed by atoms with Crippen LogP contribution in [0, 0.1) is 5.82 Å². The summed E-state index contributed by atoms with van der Waals surface area (Å²) in [5.41, 5.74) is 1.63. The van der Waals surface area contributed by atoms with Crippen LogP contribution in [0.4, 0.5) is 10.1 Å². The van der Waals surface area contributed by atoms with Crippen molar-refractivity contribution in [2.45, 2.75) is 26.4 Å². The summed E-state index contributed by atoms with van der Waals surface area (Å²) in [4.78, 5) is 12.2. The number of para-hydroxylation sites is 2. The Balaban J connectivity index is 1.91. The number of hydrogen-bond donors (Lipinski definition) is 2. The predicted octanol–water partition coefficient (Wildman–Crippen LogP) is 3.34. The summed E-state index contributed by atoms with van der Waals surface area (Å²) in [5.74, 6) is 0.288. The lowest BCUT2D eigenvalue weighted by atomic mass is 10.2. The van der Waals surface area contributed by atoms with Crippen molar-refractivity contribution in [2.24, 2.45) is 0 Å². The van der Waals surface area contributed by atoms with E-state index in [1.807, 2.05) is 31.2 Å². The molecule has 23 heavy (non-hydrogen) atoms. The molecule has 2 rings (SSSR count). The fraction of sp³-hybridized carbons (Fsp3) is 0.278. The van der Waals surface area contributed by atoms with Crippen LogP contribution in [0.15, 0.2) is 48.5 Å². The Labute approximate surface area is 135 Å². The first-order chi connectivity index (χ1) is 11.1. The average Bonchev–Trinajstić information content (AvgIpc) is 2.56. The van der Waals surface area contributed by atoms with Crippen molar-refractivity contribution in [3.05, 3.63) is 59.9 Å². The molecule has 122 valence electrons. The molecule has 1 amide bonds. The molecule has 0 saturated heterocycles. The molecule has 0 fully saturated rings. The molecule has 5 heteroatoms. The van der Waals surface area contributed by atoms with Gasteiger partial charge in [0.1, 0.15) is 17.6 Å². The molecule has 0 spiro atoms. The van der Waals surface area contributed by atoms with Gasteiger partial charge in [-0.1, -0.05) is 24.3 Å². The molecule has 0 aliphatic heterocycles. The summed E-state index contributed by atoms with van der Waals surface area (Å²) < 4.78 is 18.4. The molecule has 1 atom stereocenters. The lowest BCUT2D eigenvalue weighted by molar-refractivity contribution is -0.121. The first kappa shape index (κ1) is 16.8. The Kier molecular flexibility index (Phi) is 5.97. The van der Waals surface area contributed by atoms with Crippen LogP contribution in [0.2, 0.25) is 0 Å². The third-order valence-electron chi connectivity index (χ3n) is 3.33. The largest absolute Gasteiger partial charge is 0.492 e. The Hall–Kier alpha value is -2.56. The number of carbonyl (C=O) groups excluding carboxylic acids is 1. The molecule has 0 aliphatic rings. The van der Waals surface area contributed by atoms with E-state index in [0.29, 0.717) is 18.9 Å². The number of halogens is 1. The molecule has 0 aromatic heterocycles. The third kappa shape index (κ3) is 4.98. The van der Waals surface area contributed by atoms with E-state index in [1.165, 1.54) is 12.1 Å². The third-order valence-corrected chi connectivity index (χ3v) is 3.33. The minimum Gasteiger partial charge on any atom is -0.492 e. The van der Waals surface area contributed by atoms with Crippen LogP contribution in [-0.2, 0) is 11.3 Å². The second-order valence-corrected chi connectivity index (χ2v) is 5.14. The Bertz CT molecular complexity index is 644. The summed E-state index contributed by atoms with van der Waals surface area (Å²) in [6.45, 7) is 4.61. The van der Waals surface area contributed by atoms with Crippen LogP contribution in [0.5, 0.6) is 5.75 Å². The number of anilines is 1. The number of nitrogens with one attached hydrogen (secondary N) is 2. The molecule has 0 saturated carbocycles. The Morgan fingerprint density at radius 2 is 1.87 bits per heavy atom. The van der Waals surface area contributed by atoms with Crippen LogP contribution in [0.1, 0.15) is 19.4 Å². The van der Waals surface area contributed by atoms with Crippen LogP contribution < -0.4 is 15.4 Å². The normalized spacial score (nSPS) is 11.6. The molecule has 2 aromatic carbocycles. The van der Waals surface area contributed by atoms with Crippen molar-refractivity contribution in [3.63, 3.8) is 0 Å². The van der Waals surface area contributed by atoms with Gasteiger partial charge in [0.05, 0.1) is 12.3 Å². The Morgan fingerprint density at radius 3 is 2.57 bits per heavy atom. The molecule has 4 nitrogen and oxygen atoms in total. The zero-order valence-corrected chi connectivity index (χ0v) is 13.3. The van der Waals surface area contributed by atoms with E-state index >= 15 is 0 Å². The summed E-state index contributed by atoms with van der Waals surface area (Å²) >= 11 is 0. The molecule has 0 radical (unpaired) electrons. The second kappa shape index (κ2) is 8.17. The summed E-state index contributed by atoms with van der Waals surface area (Å²) in [6.07, 6.45) is 0. The number of carbonyl (C=O) groups is 1. The van der Waals surface area contributed by atoms with E-state index in [2.05, 4.69) is 10.6 Å². The molecule has 0 heterocycles. The van der Waals surface area contributed by atoms with Crippen molar-refractivity contribution in [1.29, 1.82) is 0 Å². The van der Waals surface area contributed by atoms with Crippen molar-refractivity contribution >= 4 is 11.6 Å². The quantitative estimate of drug-likeness (QED) is 0.824. The van der Waals surface area contributed by atoms with Crippen molar-refractivity contribution < 1.29 is 13.9 Å². The van der Waals surface area contributed by atoms with Gasteiger partial charge in [-0.2, -0.15) is 0 Å². The van der Waals surface area contributed by atoms with Gasteiger partial charge in [-0.05, 0) is 43.7 Å². The number of ether oxygens (including phenoxy) is 1. The van der Waals surface area contributed by atoms with Gasteiger partial charge in [-0.15, -0.1) is 0 Å². The maximum atomic E-state index is 12.8. The minimum absolute atomic E-state index is 0.138. The monoisotopic (exact) mass is 316 g/mol. The number of hydrogen-bond acceptors (Lipinski definition) is 3. The molecule has 2 N–H and O–H groups in total. The second-order valence-electron chi connectivity index (χ2n) is 5.14. The molecule has 2 aromatic rings. The highest BCUT2D eigenvalue weighted by Crippen LogP contribution is 2.24. The Morgan fingerprint density at radius 1 is 1.17 bits per heavy atom. The zero-order chi connectivity index (χ0) is 16.7. The van der Waals surface area contributed by atoms with Crippen LogP contribution >= 0.6 is 0 Å². The van der Waals surface area contributed by atoms with Gasteiger partial charge in [0, 0.05) is 6.54 Å². The van der Waals surface area contributed by atoms with Gasteiger partial charge < -0.3 is 15.4 Å². The van der Waals surface area contributed by atoms with Crippen LogP contribution in [0.3, 0.4) is 0 Å². The van der Waals surface area contributed by atoms with Crippen molar-refractivity contribution in [2.75, 3.05) is 11.9 Å². The topological polar surface area (TPSA) is 50.4 Å². The number of rotatable bonds is 7. The maximum Gasteiger partial charge on any atom is 0.242 e. The standard InChI is InChI=1S/C18H21FN2O2/c1-3-23-17-7-5-4-6-16(17)21-13(2)18(22)20-12-14-8-10-15(19)11-9-14/h4-11,13,21H,3,12H2,1-2H3,(H,20,22). The fourth-order valence-electron chi connectivity index (χ4n) is 2.11. The lowest BCUT2D eigenvalue weighted by Crippen LogP contribution is -2.37. The smallest absolute Gasteiger partial charge is 0.242 e.